The van der Waals surface area contributed by atoms with E-state index in [0.717, 1.165) is 45.8 Å². The van der Waals surface area contributed by atoms with Gasteiger partial charge in [0.1, 0.15) is 11.6 Å². The van der Waals surface area contributed by atoms with Crippen molar-refractivity contribution in [3.63, 3.8) is 0 Å². The Morgan fingerprint density at radius 3 is 1.24 bits per heavy atom. The van der Waals surface area contributed by atoms with Crippen LogP contribution in [0, 0.1) is 39.3 Å². The van der Waals surface area contributed by atoms with Crippen molar-refractivity contribution in [3.8, 4) is 11.8 Å². The molecule has 0 saturated heterocycles. The quantitative estimate of drug-likeness (QED) is 0.167. The van der Waals surface area contributed by atoms with Crippen LogP contribution in [0.3, 0.4) is 0 Å². The average Bonchev–Trinajstić information content (AvgIpc) is 3.73. The van der Waals surface area contributed by atoms with E-state index in [1.165, 1.54) is 0 Å². The van der Waals surface area contributed by atoms with E-state index in [1.54, 1.807) is 24.3 Å². The normalized spacial score (nSPS) is 12.1. The van der Waals surface area contributed by atoms with Crippen LogP contribution in [0.15, 0.2) is 122 Å². The summed E-state index contributed by atoms with van der Waals surface area (Å²) in [5.41, 5.74) is 5.99. The summed E-state index contributed by atoms with van der Waals surface area (Å²) in [5.74, 6) is 2.11. The molecule has 0 amide bonds. The van der Waals surface area contributed by atoms with Crippen molar-refractivity contribution in [2.45, 2.75) is 53.6 Å². The van der Waals surface area contributed by atoms with E-state index in [0.29, 0.717) is 12.1 Å². The van der Waals surface area contributed by atoms with Gasteiger partial charge in [-0.25, -0.2) is 19.9 Å². The van der Waals surface area contributed by atoms with E-state index in [2.05, 4.69) is 105 Å². The summed E-state index contributed by atoms with van der Waals surface area (Å²) < 4.78 is 0. The molecule has 0 fully saturated rings. The molecular weight excluding hydrogens is 1040 g/mol. The zero-order valence-electron chi connectivity index (χ0n) is 31.0. The van der Waals surface area contributed by atoms with E-state index in [9.17, 15) is 0 Å². The molecule has 54 heavy (non-hydrogen) atoms. The minimum absolute atomic E-state index is 0. The van der Waals surface area contributed by atoms with Crippen LogP contribution in [0.25, 0.3) is 0 Å². The van der Waals surface area contributed by atoms with Gasteiger partial charge in [-0.05, 0) is 90.0 Å². The number of rotatable bonds is 4. The smallest absolute Gasteiger partial charge is 0.498 e. The summed E-state index contributed by atoms with van der Waals surface area (Å²) in [6.45, 7) is 16.5. The molecular formula is C42H44N8O2Pt2. The summed E-state index contributed by atoms with van der Waals surface area (Å²) in [6, 6.07) is 41.6. The number of benzene rings is 2. The van der Waals surface area contributed by atoms with Crippen LogP contribution in [-0.2, 0) is 42.1 Å². The SMILES string of the molecule is CC(C)N1[CH-]N(c2[c-]cccc2)c2ncccc21.CC(C)N1[CH-]N(c2[c-]cccc2)c2ncccc21.Cc1cccc(O)n1.Cc1cccc(O)n1.[Pt+2].[Pt+2]. The topological polar surface area (TPSA) is 105 Å². The summed E-state index contributed by atoms with van der Waals surface area (Å²) >= 11 is 0. The monoisotopic (exact) mass is 1080 g/mol. The number of hydrogen-bond donors (Lipinski definition) is 2. The minimum Gasteiger partial charge on any atom is -0.498 e. The van der Waals surface area contributed by atoms with Crippen LogP contribution in [0.1, 0.15) is 39.1 Å². The molecule has 2 aliphatic rings. The molecule has 0 radical (unpaired) electrons. The van der Waals surface area contributed by atoms with Gasteiger partial charge in [0.15, 0.2) is 0 Å². The molecule has 0 bridgehead atoms. The van der Waals surface area contributed by atoms with Gasteiger partial charge >= 0.3 is 42.1 Å². The van der Waals surface area contributed by atoms with Crippen LogP contribution in [0.2, 0.25) is 0 Å². The molecule has 2 aromatic carbocycles. The number of aromatic hydroxyl groups is 2. The molecule has 2 N–H and O–H groups in total. The van der Waals surface area contributed by atoms with Crippen LogP contribution in [-0.4, -0.2) is 42.2 Å². The van der Waals surface area contributed by atoms with Crippen molar-refractivity contribution in [1.82, 2.24) is 19.9 Å². The van der Waals surface area contributed by atoms with Crippen molar-refractivity contribution < 1.29 is 52.3 Å². The Labute approximate surface area is 348 Å². The Hall–Kier alpha value is -4.78. The maximum atomic E-state index is 8.70. The Kier molecular flexibility index (Phi) is 17.1. The van der Waals surface area contributed by atoms with Gasteiger partial charge in [0, 0.05) is 47.3 Å². The standard InChI is InChI=1S/2C15H15N3.2C6H7NO.2Pt/c2*1-12(2)17-11-18(13-7-4-3-5-8-13)15-14(17)9-6-10-16-15;2*1-5-3-2-4-6(8)7-5;;/h2*3-7,9-12H,1-2H3;2*2-4H,1H3,(H,7,8);;/q2*-2;;;2*+2. The van der Waals surface area contributed by atoms with Crippen LogP contribution in [0.5, 0.6) is 11.8 Å². The van der Waals surface area contributed by atoms with Gasteiger partial charge in [0.2, 0.25) is 11.8 Å². The van der Waals surface area contributed by atoms with Gasteiger partial charge < -0.3 is 29.8 Å². The second kappa shape index (κ2) is 21.2. The first-order valence-corrected chi connectivity index (χ1v) is 17.1. The van der Waals surface area contributed by atoms with E-state index in [4.69, 9.17) is 10.2 Å². The summed E-state index contributed by atoms with van der Waals surface area (Å²) in [4.78, 5) is 25.0. The first kappa shape index (κ1) is 43.6. The first-order chi connectivity index (χ1) is 25.1. The largest absolute Gasteiger partial charge is 2.00 e. The number of nitrogens with zero attached hydrogens (tertiary/aromatic N) is 8. The summed E-state index contributed by atoms with van der Waals surface area (Å²) in [7, 11) is 0. The molecule has 4 aromatic heterocycles. The van der Waals surface area contributed by atoms with Crippen molar-refractivity contribution in [2.24, 2.45) is 0 Å². The summed E-state index contributed by atoms with van der Waals surface area (Å²) in [5, 5.41) is 17.4. The maximum Gasteiger partial charge on any atom is 2.00 e. The van der Waals surface area contributed by atoms with E-state index in [-0.39, 0.29) is 53.9 Å². The van der Waals surface area contributed by atoms with Crippen molar-refractivity contribution >= 4 is 34.4 Å². The fourth-order valence-corrected chi connectivity index (χ4v) is 5.33. The molecule has 12 heteroatoms. The first-order valence-electron chi connectivity index (χ1n) is 17.1. The minimum atomic E-state index is 0. The second-order valence-corrected chi connectivity index (χ2v) is 12.4. The Balaban J connectivity index is 0.000000204. The molecule has 0 aliphatic carbocycles. The zero-order valence-corrected chi connectivity index (χ0v) is 35.5. The van der Waals surface area contributed by atoms with Gasteiger partial charge in [-0.3, -0.25) is 0 Å². The maximum absolute atomic E-state index is 8.70. The van der Waals surface area contributed by atoms with E-state index < -0.39 is 0 Å². The third-order valence-corrected chi connectivity index (χ3v) is 7.79. The van der Waals surface area contributed by atoms with Crippen molar-refractivity contribution in [1.29, 1.82) is 0 Å². The van der Waals surface area contributed by atoms with Gasteiger partial charge in [-0.15, -0.1) is 24.7 Å². The molecule has 6 heterocycles. The molecule has 10 nitrogen and oxygen atoms in total. The molecule has 0 saturated carbocycles. The van der Waals surface area contributed by atoms with Gasteiger partial charge in [0.25, 0.3) is 0 Å². The number of aryl methyl sites for hydroxylation is 2. The number of anilines is 6. The van der Waals surface area contributed by atoms with Crippen molar-refractivity contribution in [3.05, 3.63) is 158 Å². The molecule has 0 unspecified atom stereocenters. The molecule has 0 atom stereocenters. The summed E-state index contributed by atoms with van der Waals surface area (Å²) in [6.07, 6.45) is 3.65. The number of para-hydroxylation sites is 2. The number of hydrogen-bond acceptors (Lipinski definition) is 10. The Morgan fingerprint density at radius 2 is 0.944 bits per heavy atom. The molecule has 284 valence electrons. The van der Waals surface area contributed by atoms with Crippen LogP contribution in [0.4, 0.5) is 34.4 Å². The third kappa shape index (κ3) is 11.6. The van der Waals surface area contributed by atoms with Crippen LogP contribution < -0.4 is 19.6 Å². The molecule has 8 rings (SSSR count). The van der Waals surface area contributed by atoms with E-state index >= 15 is 0 Å². The Bertz CT molecular complexity index is 1830. The molecule has 2 aliphatic heterocycles. The van der Waals surface area contributed by atoms with Crippen LogP contribution >= 0.6 is 0 Å². The number of fused-ring (bicyclic) bond motifs is 2. The van der Waals surface area contributed by atoms with Gasteiger partial charge in [-0.2, -0.15) is 60.7 Å². The molecule has 6 aromatic rings. The average molecular weight is 1080 g/mol. The second-order valence-electron chi connectivity index (χ2n) is 12.4. The Morgan fingerprint density at radius 1 is 0.537 bits per heavy atom. The fourth-order valence-electron chi connectivity index (χ4n) is 5.33. The predicted octanol–water partition coefficient (Wildman–Crippen LogP) is 8.92. The number of aromatic nitrogens is 4. The van der Waals surface area contributed by atoms with E-state index in [1.807, 2.05) is 99.0 Å². The third-order valence-electron chi connectivity index (χ3n) is 7.79. The van der Waals surface area contributed by atoms with Gasteiger partial charge in [0.05, 0.1) is 0 Å². The predicted molar refractivity (Wildman–Crippen MR) is 208 cm³/mol. The van der Waals surface area contributed by atoms with Crippen molar-refractivity contribution in [2.75, 3.05) is 19.6 Å². The van der Waals surface area contributed by atoms with Gasteiger partial charge in [-0.1, -0.05) is 12.1 Å². The number of pyridine rings is 4. The zero-order chi connectivity index (χ0) is 37.0. The molecule has 0 spiro atoms. The fraction of sp³-hybridized carbons (Fsp3) is 0.190.